The minimum atomic E-state index is -0.777. The quantitative estimate of drug-likeness (QED) is 0.363. The van der Waals surface area contributed by atoms with Crippen LogP contribution in [-0.2, 0) is 14.3 Å². The highest BCUT2D eigenvalue weighted by Gasteiger charge is 2.46. The highest BCUT2D eigenvalue weighted by Crippen LogP contribution is 2.42. The van der Waals surface area contributed by atoms with Gasteiger partial charge < -0.3 is 24.2 Å². The first-order valence-electron chi connectivity index (χ1n) is 10.7. The molecule has 0 aromatic heterocycles. The fourth-order valence-electron chi connectivity index (χ4n) is 3.75. The van der Waals surface area contributed by atoms with Crippen molar-refractivity contribution in [3.63, 3.8) is 0 Å². The normalized spacial score (nSPS) is 17.6. The van der Waals surface area contributed by atoms with Crippen LogP contribution in [0, 0.1) is 6.92 Å². The molecule has 1 unspecified atom stereocenters. The standard InChI is InChI=1S/C25H29NO6/c1-5-31-19-12-11-18(15-20(19)32-6-2)22-21(23(27)17-9-7-16(3)8-10-17)24(28)25(29)26(22)13-14-30-4/h7-12,15,22,27H,5-6,13-14H2,1-4H3/b23-21+. The van der Waals surface area contributed by atoms with Gasteiger partial charge in [0.2, 0.25) is 0 Å². The minimum Gasteiger partial charge on any atom is -0.507 e. The number of carbonyl (C=O) groups is 2. The van der Waals surface area contributed by atoms with E-state index >= 15 is 0 Å². The molecular weight excluding hydrogens is 410 g/mol. The lowest BCUT2D eigenvalue weighted by Crippen LogP contribution is -2.32. The van der Waals surface area contributed by atoms with E-state index in [1.165, 1.54) is 12.0 Å². The summed E-state index contributed by atoms with van der Waals surface area (Å²) in [7, 11) is 1.53. The Balaban J connectivity index is 2.17. The molecule has 7 heteroatoms. The van der Waals surface area contributed by atoms with E-state index in [-0.39, 0.29) is 24.5 Å². The van der Waals surface area contributed by atoms with E-state index in [1.807, 2.05) is 32.9 Å². The molecule has 1 N–H and O–H groups in total. The van der Waals surface area contributed by atoms with Crippen LogP contribution < -0.4 is 9.47 Å². The first-order chi connectivity index (χ1) is 15.4. The van der Waals surface area contributed by atoms with Gasteiger partial charge in [0.25, 0.3) is 11.7 Å². The first-order valence-corrected chi connectivity index (χ1v) is 10.7. The van der Waals surface area contributed by atoms with Gasteiger partial charge in [-0.3, -0.25) is 9.59 Å². The molecule has 1 atom stereocenters. The number of hydrogen-bond donors (Lipinski definition) is 1. The van der Waals surface area contributed by atoms with Gasteiger partial charge in [-0.15, -0.1) is 0 Å². The third-order valence-corrected chi connectivity index (χ3v) is 5.28. The summed E-state index contributed by atoms with van der Waals surface area (Å²) in [6, 6.07) is 11.7. The molecule has 2 aromatic rings. The minimum absolute atomic E-state index is 0.0431. The van der Waals surface area contributed by atoms with Crippen LogP contribution in [0.5, 0.6) is 11.5 Å². The lowest BCUT2D eigenvalue weighted by molar-refractivity contribution is -0.140. The summed E-state index contributed by atoms with van der Waals surface area (Å²) in [6.07, 6.45) is 0. The van der Waals surface area contributed by atoms with Gasteiger partial charge in [0.05, 0.1) is 31.4 Å². The molecule has 1 fully saturated rings. The summed E-state index contributed by atoms with van der Waals surface area (Å²) in [5.74, 6) is -0.520. The Morgan fingerprint density at radius 2 is 1.66 bits per heavy atom. The largest absolute Gasteiger partial charge is 0.507 e. The zero-order valence-electron chi connectivity index (χ0n) is 18.9. The van der Waals surface area contributed by atoms with Gasteiger partial charge >= 0.3 is 0 Å². The van der Waals surface area contributed by atoms with Gasteiger partial charge in [0.1, 0.15) is 5.76 Å². The molecule has 1 heterocycles. The summed E-state index contributed by atoms with van der Waals surface area (Å²) in [4.78, 5) is 27.3. The number of methoxy groups -OCH3 is 1. The molecule has 0 bridgehead atoms. The number of ketones is 1. The zero-order chi connectivity index (χ0) is 23.3. The van der Waals surface area contributed by atoms with E-state index in [1.54, 1.807) is 30.3 Å². The Labute approximate surface area is 188 Å². The van der Waals surface area contributed by atoms with Gasteiger partial charge in [-0.05, 0) is 38.5 Å². The maximum atomic E-state index is 13.0. The van der Waals surface area contributed by atoms with Crippen LogP contribution in [-0.4, -0.2) is 55.2 Å². The number of hydrogen-bond acceptors (Lipinski definition) is 6. The molecule has 0 aliphatic carbocycles. The van der Waals surface area contributed by atoms with Gasteiger partial charge in [-0.1, -0.05) is 35.9 Å². The molecule has 32 heavy (non-hydrogen) atoms. The van der Waals surface area contributed by atoms with E-state index in [9.17, 15) is 14.7 Å². The van der Waals surface area contributed by atoms with E-state index in [0.717, 1.165) is 5.56 Å². The Kier molecular flexibility index (Phi) is 7.53. The van der Waals surface area contributed by atoms with Crippen LogP contribution in [0.15, 0.2) is 48.0 Å². The van der Waals surface area contributed by atoms with Crippen molar-refractivity contribution >= 4 is 17.4 Å². The summed E-state index contributed by atoms with van der Waals surface area (Å²) in [5.41, 5.74) is 2.18. The number of amides is 1. The van der Waals surface area contributed by atoms with E-state index in [4.69, 9.17) is 14.2 Å². The fourth-order valence-corrected chi connectivity index (χ4v) is 3.75. The fraction of sp³-hybridized carbons (Fsp3) is 0.360. The maximum absolute atomic E-state index is 13.0. The summed E-state index contributed by atoms with van der Waals surface area (Å²) in [5, 5.41) is 11.1. The topological polar surface area (TPSA) is 85.3 Å². The number of nitrogens with zero attached hydrogens (tertiary/aromatic N) is 1. The van der Waals surface area contributed by atoms with Gasteiger partial charge in [-0.25, -0.2) is 0 Å². The van der Waals surface area contributed by atoms with E-state index in [0.29, 0.717) is 35.8 Å². The number of carbonyl (C=O) groups excluding carboxylic acids is 2. The van der Waals surface area contributed by atoms with Gasteiger partial charge in [-0.2, -0.15) is 0 Å². The second-order valence-electron chi connectivity index (χ2n) is 7.42. The monoisotopic (exact) mass is 439 g/mol. The first kappa shape index (κ1) is 23.3. The molecule has 1 amide bonds. The number of rotatable bonds is 9. The average molecular weight is 440 g/mol. The van der Waals surface area contributed by atoms with Crippen molar-refractivity contribution in [2.75, 3.05) is 33.5 Å². The van der Waals surface area contributed by atoms with E-state index in [2.05, 4.69) is 0 Å². The molecule has 7 nitrogen and oxygen atoms in total. The van der Waals surface area contributed by atoms with Crippen LogP contribution in [0.4, 0.5) is 0 Å². The summed E-state index contributed by atoms with van der Waals surface area (Å²) < 4.78 is 16.5. The predicted molar refractivity (Wildman–Crippen MR) is 121 cm³/mol. The van der Waals surface area contributed by atoms with Crippen molar-refractivity contribution in [2.45, 2.75) is 26.8 Å². The van der Waals surface area contributed by atoms with Crippen LogP contribution >= 0.6 is 0 Å². The predicted octanol–water partition coefficient (Wildman–Crippen LogP) is 3.86. The number of likely N-dealkylation sites (tertiary alicyclic amines) is 1. The van der Waals surface area contributed by atoms with Crippen molar-refractivity contribution in [1.82, 2.24) is 4.90 Å². The average Bonchev–Trinajstić information content (AvgIpc) is 3.04. The van der Waals surface area contributed by atoms with Crippen molar-refractivity contribution < 1.29 is 28.9 Å². The van der Waals surface area contributed by atoms with Crippen molar-refractivity contribution in [2.24, 2.45) is 0 Å². The molecule has 2 aromatic carbocycles. The van der Waals surface area contributed by atoms with Gasteiger partial charge in [0, 0.05) is 19.2 Å². The second kappa shape index (κ2) is 10.3. The molecule has 1 aliphatic rings. The third-order valence-electron chi connectivity index (χ3n) is 5.28. The number of ether oxygens (including phenoxy) is 3. The summed E-state index contributed by atoms with van der Waals surface area (Å²) >= 11 is 0. The molecule has 1 aliphatic heterocycles. The molecule has 170 valence electrons. The number of aryl methyl sites for hydroxylation is 1. The number of aliphatic hydroxyl groups excluding tert-OH is 1. The number of aliphatic hydroxyl groups is 1. The molecule has 1 saturated heterocycles. The van der Waals surface area contributed by atoms with Crippen LogP contribution in [0.25, 0.3) is 5.76 Å². The molecule has 0 radical (unpaired) electrons. The van der Waals surface area contributed by atoms with Gasteiger partial charge in [0.15, 0.2) is 11.5 Å². The Bertz CT molecular complexity index is 1010. The third kappa shape index (κ3) is 4.62. The van der Waals surface area contributed by atoms with Crippen molar-refractivity contribution in [1.29, 1.82) is 0 Å². The molecule has 3 rings (SSSR count). The smallest absolute Gasteiger partial charge is 0.295 e. The van der Waals surface area contributed by atoms with Crippen molar-refractivity contribution in [3.05, 3.63) is 64.7 Å². The number of benzene rings is 2. The highest BCUT2D eigenvalue weighted by atomic mass is 16.5. The Hall–Kier alpha value is -3.32. The zero-order valence-corrected chi connectivity index (χ0v) is 18.9. The lowest BCUT2D eigenvalue weighted by Gasteiger charge is -2.26. The molecular formula is C25H29NO6. The SMILES string of the molecule is CCOc1ccc(C2/C(=C(\O)c3ccc(C)cc3)C(=O)C(=O)N2CCOC)cc1OCC. The highest BCUT2D eigenvalue weighted by molar-refractivity contribution is 6.46. The van der Waals surface area contributed by atoms with Crippen LogP contribution in [0.1, 0.15) is 36.6 Å². The van der Waals surface area contributed by atoms with E-state index < -0.39 is 17.7 Å². The second-order valence-corrected chi connectivity index (χ2v) is 7.42. The number of Topliss-reactive ketones (excluding diaryl/α,β-unsaturated/α-hetero) is 1. The maximum Gasteiger partial charge on any atom is 0.295 e. The van der Waals surface area contributed by atoms with Crippen LogP contribution in [0.2, 0.25) is 0 Å². The molecule has 0 spiro atoms. The van der Waals surface area contributed by atoms with Crippen LogP contribution in [0.3, 0.4) is 0 Å². The summed E-state index contributed by atoms with van der Waals surface area (Å²) in [6.45, 7) is 7.03. The Morgan fingerprint density at radius 1 is 1.00 bits per heavy atom. The van der Waals surface area contributed by atoms with Crippen molar-refractivity contribution in [3.8, 4) is 11.5 Å². The lowest BCUT2D eigenvalue weighted by atomic mass is 9.94. The molecule has 0 saturated carbocycles. The Morgan fingerprint density at radius 3 is 2.28 bits per heavy atom.